The lowest BCUT2D eigenvalue weighted by atomic mass is 9.85. The second-order valence-electron chi connectivity index (χ2n) is 5.94. The summed E-state index contributed by atoms with van der Waals surface area (Å²) in [4.78, 5) is 0. The first-order valence-corrected chi connectivity index (χ1v) is 10.1. The minimum Gasteiger partial charge on any atom is -0.388 e. The Morgan fingerprint density at radius 3 is 2.25 bits per heavy atom. The first-order chi connectivity index (χ1) is 7.46. The Kier molecular flexibility index (Phi) is 5.04. The molecule has 0 amide bonds. The van der Waals surface area contributed by atoms with E-state index < -0.39 is 8.07 Å². The summed E-state index contributed by atoms with van der Waals surface area (Å²) in [6.45, 7) is 8.88. The van der Waals surface area contributed by atoms with Crippen LogP contribution >= 0.6 is 0 Å². The normalized spacial score (nSPS) is 20.1. The molecule has 16 heavy (non-hydrogen) atoms. The molecule has 0 radical (unpaired) electrons. The van der Waals surface area contributed by atoms with Crippen LogP contribution in [0.2, 0.25) is 19.6 Å². The fourth-order valence-electron chi connectivity index (χ4n) is 2.59. The largest absolute Gasteiger partial charge is 0.388 e. The summed E-state index contributed by atoms with van der Waals surface area (Å²) in [7, 11) is -1.43. The lowest BCUT2D eigenvalue weighted by molar-refractivity contribution is 0.120. The highest BCUT2D eigenvalue weighted by Gasteiger charge is 2.31. The van der Waals surface area contributed by atoms with Crippen molar-refractivity contribution in [3.8, 4) is 0 Å². The van der Waals surface area contributed by atoms with Gasteiger partial charge in [0, 0.05) is 0 Å². The van der Waals surface area contributed by atoms with E-state index >= 15 is 0 Å². The molecule has 0 bridgehead atoms. The number of hydrogen-bond donors (Lipinski definition) is 1. The average molecular weight is 238 g/mol. The maximum absolute atomic E-state index is 10.5. The number of rotatable bonds is 3. The first kappa shape index (κ1) is 13.8. The molecule has 0 saturated heterocycles. The quantitative estimate of drug-likeness (QED) is 0.584. The Bertz CT molecular complexity index is 276. The van der Waals surface area contributed by atoms with Crippen LogP contribution < -0.4 is 0 Å². The molecule has 1 saturated carbocycles. The Morgan fingerprint density at radius 2 is 1.81 bits per heavy atom. The molecule has 1 rings (SSSR count). The molecule has 1 N–H and O–H groups in total. The van der Waals surface area contributed by atoms with Crippen LogP contribution in [0.3, 0.4) is 0 Å². The molecule has 0 spiro atoms. The van der Waals surface area contributed by atoms with Gasteiger partial charge in [-0.1, -0.05) is 38.9 Å². The van der Waals surface area contributed by atoms with Crippen LogP contribution in [0.4, 0.5) is 0 Å². The van der Waals surface area contributed by atoms with Crippen molar-refractivity contribution in [1.82, 2.24) is 0 Å². The van der Waals surface area contributed by atoms with Gasteiger partial charge in [-0.2, -0.15) is 0 Å². The Labute approximate surface area is 101 Å². The molecule has 0 aromatic heterocycles. The highest BCUT2D eigenvalue weighted by Crippen LogP contribution is 2.32. The Hall–Kier alpha value is -0.303. The zero-order valence-electron chi connectivity index (χ0n) is 11.2. The molecule has 0 heterocycles. The van der Waals surface area contributed by atoms with Crippen molar-refractivity contribution in [2.24, 2.45) is 5.92 Å². The van der Waals surface area contributed by atoms with Gasteiger partial charge in [0.25, 0.3) is 0 Å². The van der Waals surface area contributed by atoms with E-state index in [0.717, 1.165) is 0 Å². The zero-order chi connectivity index (χ0) is 12.2. The minimum atomic E-state index is -1.43. The van der Waals surface area contributed by atoms with E-state index in [9.17, 15) is 5.11 Å². The summed E-state index contributed by atoms with van der Waals surface area (Å²) in [5, 5.41) is 11.7. The van der Waals surface area contributed by atoms with Crippen molar-refractivity contribution in [3.63, 3.8) is 0 Å². The molecule has 0 aromatic rings. The van der Waals surface area contributed by atoms with Gasteiger partial charge in [-0.3, -0.25) is 0 Å². The van der Waals surface area contributed by atoms with Crippen molar-refractivity contribution in [2.45, 2.75) is 64.8 Å². The van der Waals surface area contributed by atoms with E-state index in [4.69, 9.17) is 0 Å². The van der Waals surface area contributed by atoms with Gasteiger partial charge in [0.2, 0.25) is 0 Å². The summed E-state index contributed by atoms with van der Waals surface area (Å²) in [6, 6.07) is 0. The Morgan fingerprint density at radius 1 is 1.25 bits per heavy atom. The van der Waals surface area contributed by atoms with E-state index in [1.807, 2.05) is 13.0 Å². The maximum Gasteiger partial charge on any atom is 0.0857 e. The van der Waals surface area contributed by atoms with Gasteiger partial charge in [0.15, 0.2) is 0 Å². The predicted octanol–water partition coefficient (Wildman–Crippen LogP) is 3.91. The van der Waals surface area contributed by atoms with Crippen molar-refractivity contribution in [3.05, 3.63) is 17.0 Å². The third-order valence-corrected chi connectivity index (χ3v) is 5.56. The van der Waals surface area contributed by atoms with Crippen LogP contribution in [0.15, 0.2) is 17.0 Å². The van der Waals surface area contributed by atoms with Gasteiger partial charge in [-0.15, -0.1) is 5.73 Å². The summed E-state index contributed by atoms with van der Waals surface area (Å²) in [5.74, 6) is 0.489. The maximum atomic E-state index is 10.5. The molecule has 1 aliphatic rings. The van der Waals surface area contributed by atoms with Gasteiger partial charge in [-0.25, -0.2) is 0 Å². The molecule has 1 fully saturated rings. The molecule has 0 aromatic carbocycles. The van der Waals surface area contributed by atoms with E-state index in [-0.39, 0.29) is 6.10 Å². The molecule has 0 aliphatic heterocycles. The molecular formula is C14H26OSi. The molecule has 2 heteroatoms. The van der Waals surface area contributed by atoms with Crippen molar-refractivity contribution in [2.75, 3.05) is 0 Å². The van der Waals surface area contributed by atoms with Gasteiger partial charge in [0.05, 0.1) is 14.2 Å². The van der Waals surface area contributed by atoms with Crippen LogP contribution in [0.5, 0.6) is 0 Å². The van der Waals surface area contributed by atoms with Gasteiger partial charge < -0.3 is 5.11 Å². The third-order valence-electron chi connectivity index (χ3n) is 3.50. The Balaban J connectivity index is 2.83. The fourth-order valence-corrected chi connectivity index (χ4v) is 4.29. The zero-order valence-corrected chi connectivity index (χ0v) is 12.2. The third kappa shape index (κ3) is 3.62. The topological polar surface area (TPSA) is 20.2 Å². The number of hydrogen-bond acceptors (Lipinski definition) is 1. The van der Waals surface area contributed by atoms with E-state index in [2.05, 4.69) is 25.4 Å². The molecular weight excluding hydrogens is 212 g/mol. The SMILES string of the molecule is CC=C=C(C(O)C1CCCCC1)[Si](C)(C)C. The van der Waals surface area contributed by atoms with Crippen molar-refractivity contribution < 1.29 is 5.11 Å². The molecule has 1 aliphatic carbocycles. The minimum absolute atomic E-state index is 0.233. The van der Waals surface area contributed by atoms with Gasteiger partial charge in [-0.05, 0) is 37.0 Å². The van der Waals surface area contributed by atoms with Crippen molar-refractivity contribution in [1.29, 1.82) is 0 Å². The second-order valence-corrected chi connectivity index (χ2v) is 11.0. The van der Waals surface area contributed by atoms with E-state index in [1.165, 1.54) is 37.3 Å². The lowest BCUT2D eigenvalue weighted by Gasteiger charge is -2.32. The molecule has 1 unspecified atom stereocenters. The number of aliphatic hydroxyl groups excluding tert-OH is 1. The summed E-state index contributed by atoms with van der Waals surface area (Å²) in [6.07, 6.45) is 8.04. The van der Waals surface area contributed by atoms with Crippen LogP contribution in [0.25, 0.3) is 0 Å². The second kappa shape index (κ2) is 5.86. The van der Waals surface area contributed by atoms with E-state index in [1.54, 1.807) is 0 Å². The molecule has 1 atom stereocenters. The van der Waals surface area contributed by atoms with Crippen LogP contribution in [-0.4, -0.2) is 19.3 Å². The highest BCUT2D eigenvalue weighted by atomic mass is 28.3. The fraction of sp³-hybridized carbons (Fsp3) is 0.786. The lowest BCUT2D eigenvalue weighted by Crippen LogP contribution is -2.36. The molecule has 1 nitrogen and oxygen atoms in total. The predicted molar refractivity (Wildman–Crippen MR) is 73.2 cm³/mol. The summed E-state index contributed by atoms with van der Waals surface area (Å²) < 4.78 is 0. The van der Waals surface area contributed by atoms with Crippen LogP contribution in [0, 0.1) is 5.92 Å². The van der Waals surface area contributed by atoms with Gasteiger partial charge in [0.1, 0.15) is 0 Å². The first-order valence-electron chi connectivity index (χ1n) is 6.56. The number of aliphatic hydroxyl groups is 1. The molecule has 92 valence electrons. The van der Waals surface area contributed by atoms with Crippen LogP contribution in [0.1, 0.15) is 39.0 Å². The van der Waals surface area contributed by atoms with Crippen LogP contribution in [-0.2, 0) is 0 Å². The smallest absolute Gasteiger partial charge is 0.0857 e. The van der Waals surface area contributed by atoms with E-state index in [0.29, 0.717) is 5.92 Å². The van der Waals surface area contributed by atoms with Crippen molar-refractivity contribution >= 4 is 8.07 Å². The summed E-state index contributed by atoms with van der Waals surface area (Å²) in [5.41, 5.74) is 3.32. The average Bonchev–Trinajstić information content (AvgIpc) is 2.25. The standard InChI is InChI=1S/C14H26OSi/c1-5-9-13(16(2,3)4)14(15)12-10-7-6-8-11-12/h5,12,14-15H,6-8,10-11H2,1-4H3. The summed E-state index contributed by atoms with van der Waals surface area (Å²) >= 11 is 0. The highest BCUT2D eigenvalue weighted by molar-refractivity contribution is 6.83. The van der Waals surface area contributed by atoms with Gasteiger partial charge >= 0.3 is 0 Å². The monoisotopic (exact) mass is 238 g/mol.